The van der Waals surface area contributed by atoms with E-state index >= 15 is 0 Å². The summed E-state index contributed by atoms with van der Waals surface area (Å²) in [7, 11) is 0. The van der Waals surface area contributed by atoms with Gasteiger partial charge in [0.2, 0.25) is 5.91 Å². The van der Waals surface area contributed by atoms with Crippen molar-refractivity contribution >= 4 is 11.9 Å². The van der Waals surface area contributed by atoms with Crippen molar-refractivity contribution in [3.63, 3.8) is 0 Å². The fourth-order valence-electron chi connectivity index (χ4n) is 2.31. The summed E-state index contributed by atoms with van der Waals surface area (Å²) in [6.07, 6.45) is 1.76. The lowest BCUT2D eigenvalue weighted by Gasteiger charge is -2.30. The van der Waals surface area contributed by atoms with Crippen molar-refractivity contribution in [1.29, 1.82) is 0 Å². The topological polar surface area (TPSA) is 83.6 Å². The SMILES string of the molecule is NC1CCN(C(=O)Cc2ccccc2C(=O)O)CC1. The minimum Gasteiger partial charge on any atom is -0.478 e. The first-order valence-corrected chi connectivity index (χ1v) is 6.42. The van der Waals surface area contributed by atoms with Crippen LogP contribution in [0.25, 0.3) is 0 Å². The van der Waals surface area contributed by atoms with Gasteiger partial charge in [-0.3, -0.25) is 4.79 Å². The third kappa shape index (κ3) is 3.32. The second kappa shape index (κ2) is 5.84. The van der Waals surface area contributed by atoms with E-state index in [1.807, 2.05) is 0 Å². The summed E-state index contributed by atoms with van der Waals surface area (Å²) in [6, 6.07) is 6.81. The summed E-state index contributed by atoms with van der Waals surface area (Å²) in [6.45, 7) is 1.32. The van der Waals surface area contributed by atoms with Crippen LogP contribution in [0.1, 0.15) is 28.8 Å². The molecule has 1 saturated heterocycles. The molecule has 3 N–H and O–H groups in total. The number of carboxylic acid groups (broad SMARTS) is 1. The van der Waals surface area contributed by atoms with Gasteiger partial charge in [0, 0.05) is 19.1 Å². The Kier molecular flexibility index (Phi) is 4.16. The lowest BCUT2D eigenvalue weighted by molar-refractivity contribution is -0.131. The minimum absolute atomic E-state index is 0.0272. The van der Waals surface area contributed by atoms with Crippen molar-refractivity contribution in [2.45, 2.75) is 25.3 Å². The number of piperidine rings is 1. The van der Waals surface area contributed by atoms with Crippen LogP contribution in [-0.4, -0.2) is 41.0 Å². The van der Waals surface area contributed by atoms with Gasteiger partial charge < -0.3 is 15.7 Å². The van der Waals surface area contributed by atoms with Crippen molar-refractivity contribution in [3.8, 4) is 0 Å². The molecule has 1 fully saturated rings. The zero-order valence-electron chi connectivity index (χ0n) is 10.7. The summed E-state index contributed by atoms with van der Waals surface area (Å²) in [5.74, 6) is -1.02. The van der Waals surface area contributed by atoms with Gasteiger partial charge in [-0.1, -0.05) is 18.2 Å². The molecule has 0 saturated carbocycles. The quantitative estimate of drug-likeness (QED) is 0.847. The largest absolute Gasteiger partial charge is 0.478 e. The van der Waals surface area contributed by atoms with Gasteiger partial charge in [0.1, 0.15) is 0 Å². The van der Waals surface area contributed by atoms with E-state index in [-0.39, 0.29) is 23.9 Å². The molecule has 1 heterocycles. The predicted octanol–water partition coefficient (Wildman–Crippen LogP) is 0.877. The number of nitrogens with zero attached hydrogens (tertiary/aromatic N) is 1. The molecule has 1 aliphatic rings. The van der Waals surface area contributed by atoms with Gasteiger partial charge in [-0.25, -0.2) is 4.79 Å². The Balaban J connectivity index is 2.05. The Morgan fingerprint density at radius 1 is 1.26 bits per heavy atom. The van der Waals surface area contributed by atoms with Crippen LogP contribution in [0.5, 0.6) is 0 Å². The molecule has 102 valence electrons. The molecule has 1 aromatic rings. The fourth-order valence-corrected chi connectivity index (χ4v) is 2.31. The maximum absolute atomic E-state index is 12.1. The highest BCUT2D eigenvalue weighted by atomic mass is 16.4. The van der Waals surface area contributed by atoms with Crippen molar-refractivity contribution in [2.75, 3.05) is 13.1 Å². The van der Waals surface area contributed by atoms with Gasteiger partial charge in [-0.05, 0) is 24.5 Å². The highest BCUT2D eigenvalue weighted by Gasteiger charge is 2.22. The van der Waals surface area contributed by atoms with Crippen LogP contribution in [0.15, 0.2) is 24.3 Å². The maximum Gasteiger partial charge on any atom is 0.335 e. The molecule has 0 atom stereocenters. The third-order valence-electron chi connectivity index (χ3n) is 3.48. The third-order valence-corrected chi connectivity index (χ3v) is 3.48. The van der Waals surface area contributed by atoms with Gasteiger partial charge in [0.05, 0.1) is 12.0 Å². The molecule has 19 heavy (non-hydrogen) atoms. The molecule has 1 aromatic carbocycles. The monoisotopic (exact) mass is 262 g/mol. The molecule has 0 aliphatic carbocycles. The first-order valence-electron chi connectivity index (χ1n) is 6.42. The highest BCUT2D eigenvalue weighted by Crippen LogP contribution is 2.14. The summed E-state index contributed by atoms with van der Waals surface area (Å²) < 4.78 is 0. The summed E-state index contributed by atoms with van der Waals surface area (Å²) in [5.41, 5.74) is 6.56. The molecule has 0 aromatic heterocycles. The first-order chi connectivity index (χ1) is 9.08. The van der Waals surface area contributed by atoms with Crippen LogP contribution in [0.4, 0.5) is 0 Å². The lowest BCUT2D eigenvalue weighted by Crippen LogP contribution is -2.43. The normalized spacial score (nSPS) is 16.4. The second-order valence-corrected chi connectivity index (χ2v) is 4.86. The summed E-state index contributed by atoms with van der Waals surface area (Å²) >= 11 is 0. The van der Waals surface area contributed by atoms with Crippen LogP contribution in [0.3, 0.4) is 0 Å². The van der Waals surface area contributed by atoms with Crippen LogP contribution in [-0.2, 0) is 11.2 Å². The van der Waals surface area contributed by atoms with Gasteiger partial charge in [0.15, 0.2) is 0 Å². The summed E-state index contributed by atoms with van der Waals surface area (Å²) in [5, 5.41) is 9.08. The Labute approximate surface area is 112 Å². The van der Waals surface area contributed by atoms with E-state index in [9.17, 15) is 9.59 Å². The van der Waals surface area contributed by atoms with Crippen LogP contribution >= 0.6 is 0 Å². The van der Waals surface area contributed by atoms with E-state index in [0.717, 1.165) is 12.8 Å². The number of hydrogen-bond acceptors (Lipinski definition) is 3. The van der Waals surface area contributed by atoms with Crippen molar-refractivity contribution in [3.05, 3.63) is 35.4 Å². The van der Waals surface area contributed by atoms with Crippen LogP contribution in [0.2, 0.25) is 0 Å². The van der Waals surface area contributed by atoms with Crippen molar-refractivity contribution in [2.24, 2.45) is 5.73 Å². The van der Waals surface area contributed by atoms with E-state index < -0.39 is 5.97 Å². The molecule has 1 aliphatic heterocycles. The van der Waals surface area contributed by atoms with E-state index in [2.05, 4.69) is 0 Å². The smallest absolute Gasteiger partial charge is 0.335 e. The van der Waals surface area contributed by atoms with Crippen molar-refractivity contribution in [1.82, 2.24) is 4.90 Å². The Morgan fingerprint density at radius 2 is 1.89 bits per heavy atom. The average Bonchev–Trinajstić information content (AvgIpc) is 2.39. The van der Waals surface area contributed by atoms with E-state index in [0.29, 0.717) is 18.7 Å². The lowest BCUT2D eigenvalue weighted by atomic mass is 10.0. The van der Waals surface area contributed by atoms with E-state index in [1.165, 1.54) is 6.07 Å². The zero-order valence-corrected chi connectivity index (χ0v) is 10.7. The average molecular weight is 262 g/mol. The molecular formula is C14H18N2O3. The molecule has 5 nitrogen and oxygen atoms in total. The van der Waals surface area contributed by atoms with Crippen LogP contribution in [0, 0.1) is 0 Å². The summed E-state index contributed by atoms with van der Waals surface area (Å²) in [4.78, 5) is 25.0. The Morgan fingerprint density at radius 3 is 2.53 bits per heavy atom. The molecule has 1 amide bonds. The Bertz CT molecular complexity index is 479. The first kappa shape index (κ1) is 13.5. The molecule has 0 spiro atoms. The predicted molar refractivity (Wildman–Crippen MR) is 70.9 cm³/mol. The maximum atomic E-state index is 12.1. The number of nitrogens with two attached hydrogens (primary N) is 1. The van der Waals surface area contributed by atoms with Crippen molar-refractivity contribution < 1.29 is 14.7 Å². The van der Waals surface area contributed by atoms with Gasteiger partial charge in [-0.2, -0.15) is 0 Å². The minimum atomic E-state index is -0.996. The number of rotatable bonds is 3. The number of aromatic carboxylic acids is 1. The molecule has 5 heteroatoms. The number of hydrogen-bond donors (Lipinski definition) is 2. The highest BCUT2D eigenvalue weighted by molar-refractivity contribution is 5.91. The van der Waals surface area contributed by atoms with E-state index in [4.69, 9.17) is 10.8 Å². The van der Waals surface area contributed by atoms with E-state index in [1.54, 1.807) is 23.1 Å². The van der Waals surface area contributed by atoms with Gasteiger partial charge >= 0.3 is 5.97 Å². The van der Waals surface area contributed by atoms with Gasteiger partial charge in [-0.15, -0.1) is 0 Å². The molecule has 2 rings (SSSR count). The molecular weight excluding hydrogens is 244 g/mol. The molecule has 0 bridgehead atoms. The molecule has 0 unspecified atom stereocenters. The number of carbonyl (C=O) groups excluding carboxylic acids is 1. The number of carboxylic acids is 1. The number of likely N-dealkylation sites (tertiary alicyclic amines) is 1. The van der Waals surface area contributed by atoms with Gasteiger partial charge in [0.25, 0.3) is 0 Å². The number of carbonyl (C=O) groups is 2. The molecule has 0 radical (unpaired) electrons. The fraction of sp³-hybridized carbons (Fsp3) is 0.429. The zero-order chi connectivity index (χ0) is 13.8. The second-order valence-electron chi connectivity index (χ2n) is 4.86. The number of amides is 1. The Hall–Kier alpha value is -1.88. The number of benzene rings is 1. The van der Waals surface area contributed by atoms with Crippen LogP contribution < -0.4 is 5.73 Å². The standard InChI is InChI=1S/C14H18N2O3/c15-11-5-7-16(8-6-11)13(17)9-10-3-1-2-4-12(10)14(18)19/h1-4,11H,5-9,15H2,(H,18,19).